The minimum Gasteiger partial charge on any atom is -0.479 e. The number of carbonyl (C=O) groups excluding carboxylic acids is 1. The predicted octanol–water partition coefficient (Wildman–Crippen LogP) is 8.41. The van der Waals surface area contributed by atoms with Crippen LogP contribution >= 0.6 is 0 Å². The molecule has 2 N–H and O–H groups in total. The second-order valence-electron chi connectivity index (χ2n) is 12.0. The van der Waals surface area contributed by atoms with Crippen LogP contribution in [0.5, 0.6) is 0 Å². The Balaban J connectivity index is 2.57. The van der Waals surface area contributed by atoms with Crippen LogP contribution in [0.1, 0.15) is 79.7 Å². The standard InChI is InChI=1S/C34H43NO4/c1-18(2)32(36)35-30-24(8)29(31(33(37)38)39-34(9,10)11)27(25-14-12-19(3)21(5)16-25)23(7)28(30)26-15-13-20(4)22(6)17-26/h12-18,31H,1-11H3,(H,35,36)(H,37,38)/t31-/m1/s1. The van der Waals surface area contributed by atoms with Crippen molar-refractivity contribution >= 4 is 17.6 Å². The van der Waals surface area contributed by atoms with Gasteiger partial charge in [-0.25, -0.2) is 4.79 Å². The average Bonchev–Trinajstić information content (AvgIpc) is 2.82. The maximum absolute atomic E-state index is 13.1. The summed E-state index contributed by atoms with van der Waals surface area (Å²) in [5.41, 5.74) is 10.3. The van der Waals surface area contributed by atoms with E-state index in [1.165, 1.54) is 5.56 Å². The molecule has 0 aliphatic rings. The summed E-state index contributed by atoms with van der Waals surface area (Å²) >= 11 is 0. The molecule has 0 aliphatic carbocycles. The van der Waals surface area contributed by atoms with Gasteiger partial charge in [-0.05, 0) is 112 Å². The molecule has 0 heterocycles. The van der Waals surface area contributed by atoms with Crippen molar-refractivity contribution in [3.05, 3.63) is 75.3 Å². The third-order valence-electron chi connectivity index (χ3n) is 7.37. The van der Waals surface area contributed by atoms with Gasteiger partial charge in [-0.15, -0.1) is 0 Å². The first-order chi connectivity index (χ1) is 18.0. The van der Waals surface area contributed by atoms with Crippen LogP contribution in [0, 0.1) is 47.5 Å². The van der Waals surface area contributed by atoms with Crippen molar-refractivity contribution in [1.82, 2.24) is 0 Å². The highest BCUT2D eigenvalue weighted by molar-refractivity contribution is 6.02. The van der Waals surface area contributed by atoms with E-state index in [9.17, 15) is 14.7 Å². The van der Waals surface area contributed by atoms with E-state index in [4.69, 9.17) is 4.74 Å². The predicted molar refractivity (Wildman–Crippen MR) is 160 cm³/mol. The van der Waals surface area contributed by atoms with Crippen molar-refractivity contribution in [3.63, 3.8) is 0 Å². The first-order valence-corrected chi connectivity index (χ1v) is 13.6. The second kappa shape index (κ2) is 11.4. The van der Waals surface area contributed by atoms with Crippen molar-refractivity contribution in [2.24, 2.45) is 5.92 Å². The molecule has 1 atom stereocenters. The zero-order valence-corrected chi connectivity index (χ0v) is 25.3. The number of rotatable bonds is 7. The molecule has 3 rings (SSSR count). The summed E-state index contributed by atoms with van der Waals surface area (Å²) in [6.07, 6.45) is -1.23. The molecule has 1 amide bonds. The Morgan fingerprint density at radius 3 is 1.67 bits per heavy atom. The lowest BCUT2D eigenvalue weighted by molar-refractivity contribution is -0.160. The van der Waals surface area contributed by atoms with E-state index < -0.39 is 17.7 Å². The molecule has 39 heavy (non-hydrogen) atoms. The van der Waals surface area contributed by atoms with Gasteiger partial charge in [0.1, 0.15) is 0 Å². The van der Waals surface area contributed by atoms with Crippen LogP contribution in [0.2, 0.25) is 0 Å². The van der Waals surface area contributed by atoms with Crippen LogP contribution in [0.15, 0.2) is 36.4 Å². The molecule has 0 saturated heterocycles. The molecule has 0 unspecified atom stereocenters. The van der Waals surface area contributed by atoms with Gasteiger partial charge in [0.15, 0.2) is 6.10 Å². The van der Waals surface area contributed by atoms with Crippen LogP contribution < -0.4 is 5.32 Å². The Labute approximate surface area is 233 Å². The fraction of sp³-hybridized carbons (Fsp3) is 0.412. The zero-order valence-electron chi connectivity index (χ0n) is 25.3. The van der Waals surface area contributed by atoms with Crippen molar-refractivity contribution in [2.45, 2.75) is 87.9 Å². The quantitative estimate of drug-likeness (QED) is 0.322. The zero-order chi connectivity index (χ0) is 29.4. The summed E-state index contributed by atoms with van der Waals surface area (Å²) in [4.78, 5) is 25.9. The lowest BCUT2D eigenvalue weighted by atomic mass is 9.81. The van der Waals surface area contributed by atoms with Crippen LogP contribution in [-0.2, 0) is 14.3 Å². The average molecular weight is 530 g/mol. The van der Waals surface area contributed by atoms with Gasteiger partial charge in [0, 0.05) is 17.0 Å². The van der Waals surface area contributed by atoms with Gasteiger partial charge in [0.2, 0.25) is 5.91 Å². The summed E-state index contributed by atoms with van der Waals surface area (Å²) in [5, 5.41) is 13.6. The van der Waals surface area contributed by atoms with E-state index >= 15 is 0 Å². The number of aryl methyl sites for hydroxylation is 4. The van der Waals surface area contributed by atoms with Crippen molar-refractivity contribution in [1.29, 1.82) is 0 Å². The van der Waals surface area contributed by atoms with Crippen LogP contribution in [0.3, 0.4) is 0 Å². The molecule has 208 valence electrons. The molecule has 0 aliphatic heterocycles. The largest absolute Gasteiger partial charge is 0.479 e. The number of hydrogen-bond acceptors (Lipinski definition) is 3. The summed E-state index contributed by atoms with van der Waals surface area (Å²) < 4.78 is 6.21. The Bertz CT molecular complexity index is 1430. The molecule has 0 aromatic heterocycles. The maximum Gasteiger partial charge on any atom is 0.337 e. The monoisotopic (exact) mass is 529 g/mol. The van der Waals surface area contributed by atoms with Gasteiger partial charge >= 0.3 is 5.97 Å². The molecule has 0 saturated carbocycles. The third kappa shape index (κ3) is 6.42. The van der Waals surface area contributed by atoms with E-state index in [0.29, 0.717) is 16.8 Å². The van der Waals surface area contributed by atoms with Gasteiger partial charge in [-0.2, -0.15) is 0 Å². The number of benzene rings is 3. The minimum atomic E-state index is -1.23. The molecule has 0 bridgehead atoms. The Kier molecular flexibility index (Phi) is 8.76. The van der Waals surface area contributed by atoms with Crippen molar-refractivity contribution in [2.75, 3.05) is 5.32 Å². The summed E-state index contributed by atoms with van der Waals surface area (Å²) in [6.45, 7) is 21.4. The number of aliphatic carboxylic acids is 1. The molecule has 5 heteroatoms. The Morgan fingerprint density at radius 2 is 1.26 bits per heavy atom. The topological polar surface area (TPSA) is 75.6 Å². The highest BCUT2D eigenvalue weighted by atomic mass is 16.5. The molecule has 3 aromatic rings. The molecule has 0 radical (unpaired) electrons. The van der Waals surface area contributed by atoms with Gasteiger partial charge < -0.3 is 15.2 Å². The normalized spacial score (nSPS) is 12.5. The van der Waals surface area contributed by atoms with E-state index in [2.05, 4.69) is 63.3 Å². The maximum atomic E-state index is 13.1. The van der Waals surface area contributed by atoms with Gasteiger partial charge in [-0.3, -0.25) is 4.79 Å². The van der Waals surface area contributed by atoms with E-state index in [0.717, 1.165) is 44.5 Å². The molecule has 3 aromatic carbocycles. The highest BCUT2D eigenvalue weighted by Crippen LogP contribution is 2.47. The van der Waals surface area contributed by atoms with Crippen molar-refractivity contribution in [3.8, 4) is 22.3 Å². The van der Waals surface area contributed by atoms with E-state index in [1.807, 2.05) is 54.5 Å². The minimum absolute atomic E-state index is 0.129. The Hall–Kier alpha value is -3.44. The number of ether oxygens (including phenoxy) is 1. The summed E-state index contributed by atoms with van der Waals surface area (Å²) in [5.74, 6) is -1.45. The SMILES string of the molecule is Cc1ccc(-c2c(C)c(-c3ccc(C)c(C)c3)c([C@@H](OC(C)(C)C)C(=O)O)c(C)c2NC(=O)C(C)C)cc1C. The molecule has 0 fully saturated rings. The van der Waals surface area contributed by atoms with Gasteiger partial charge in [0.25, 0.3) is 0 Å². The lowest BCUT2D eigenvalue weighted by Gasteiger charge is -2.31. The third-order valence-corrected chi connectivity index (χ3v) is 7.37. The fourth-order valence-electron chi connectivity index (χ4n) is 4.89. The van der Waals surface area contributed by atoms with Crippen LogP contribution in [-0.4, -0.2) is 22.6 Å². The van der Waals surface area contributed by atoms with Gasteiger partial charge in [-0.1, -0.05) is 50.2 Å². The number of hydrogen-bond donors (Lipinski definition) is 2. The van der Waals surface area contributed by atoms with Crippen LogP contribution in [0.4, 0.5) is 5.69 Å². The number of carboxylic acid groups (broad SMARTS) is 1. The smallest absolute Gasteiger partial charge is 0.337 e. The number of anilines is 1. The molecular formula is C34H43NO4. The Morgan fingerprint density at radius 1 is 0.769 bits per heavy atom. The number of nitrogens with one attached hydrogen (secondary N) is 1. The number of amides is 1. The van der Waals surface area contributed by atoms with E-state index in [-0.39, 0.29) is 11.8 Å². The molecule has 0 spiro atoms. The number of carboxylic acids is 1. The first-order valence-electron chi connectivity index (χ1n) is 13.6. The fourth-order valence-corrected chi connectivity index (χ4v) is 4.89. The van der Waals surface area contributed by atoms with Crippen molar-refractivity contribution < 1.29 is 19.4 Å². The summed E-state index contributed by atoms with van der Waals surface area (Å²) in [6, 6.07) is 12.5. The first kappa shape index (κ1) is 30.1. The number of carbonyl (C=O) groups is 2. The highest BCUT2D eigenvalue weighted by Gasteiger charge is 2.34. The van der Waals surface area contributed by atoms with Crippen LogP contribution in [0.25, 0.3) is 22.3 Å². The van der Waals surface area contributed by atoms with Gasteiger partial charge in [0.05, 0.1) is 11.3 Å². The van der Waals surface area contributed by atoms with E-state index in [1.54, 1.807) is 0 Å². The summed E-state index contributed by atoms with van der Waals surface area (Å²) in [7, 11) is 0. The lowest BCUT2D eigenvalue weighted by Crippen LogP contribution is -2.29. The molecular weight excluding hydrogens is 486 g/mol. The second-order valence-corrected chi connectivity index (χ2v) is 12.0. The molecule has 5 nitrogen and oxygen atoms in total.